The molecule has 2 aromatic heterocycles. The molecule has 1 aliphatic rings. The van der Waals surface area contributed by atoms with Crippen molar-refractivity contribution in [3.63, 3.8) is 0 Å². The Kier molecular flexibility index (Phi) is 3.36. The summed E-state index contributed by atoms with van der Waals surface area (Å²) in [6.07, 6.45) is 1.48. The monoisotopic (exact) mass is 288 g/mol. The first-order valence-electron chi connectivity index (χ1n) is 6.36. The number of carbonyl (C=O) groups is 1. The number of furan rings is 1. The Morgan fingerprint density at radius 2 is 2.24 bits per heavy atom. The van der Waals surface area contributed by atoms with Gasteiger partial charge in [-0.05, 0) is 18.2 Å². The average molecular weight is 288 g/mol. The maximum absolute atomic E-state index is 11.9. The number of nitro groups is 1. The quantitative estimate of drug-likeness (QED) is 0.650. The summed E-state index contributed by atoms with van der Waals surface area (Å²) in [5.41, 5.74) is 0.179. The van der Waals surface area contributed by atoms with Gasteiger partial charge in [-0.3, -0.25) is 14.9 Å². The lowest BCUT2D eigenvalue weighted by atomic mass is 10.0. The van der Waals surface area contributed by atoms with Crippen molar-refractivity contribution in [1.29, 1.82) is 0 Å². The van der Waals surface area contributed by atoms with Crippen LogP contribution >= 0.6 is 0 Å². The fraction of sp³-hybridized carbons (Fsp3) is 0.231. The van der Waals surface area contributed by atoms with Crippen LogP contribution in [0.3, 0.4) is 0 Å². The van der Waals surface area contributed by atoms with Crippen molar-refractivity contribution < 1.29 is 14.1 Å². The molecule has 1 fully saturated rings. The van der Waals surface area contributed by atoms with E-state index >= 15 is 0 Å². The molecule has 0 bridgehead atoms. The first-order valence-corrected chi connectivity index (χ1v) is 6.36. The molecule has 8 nitrogen and oxygen atoms in total. The maximum atomic E-state index is 11.9. The second kappa shape index (κ2) is 5.33. The SMILES string of the molecule is O=C(Nc1nc(-c2ccco2)ccc1[N+](=O)[O-])C1CNC1. The molecule has 0 atom stereocenters. The van der Waals surface area contributed by atoms with Crippen molar-refractivity contribution in [2.75, 3.05) is 18.4 Å². The third-order valence-corrected chi connectivity index (χ3v) is 3.24. The number of amides is 1. The van der Waals surface area contributed by atoms with Crippen LogP contribution < -0.4 is 10.6 Å². The van der Waals surface area contributed by atoms with Gasteiger partial charge in [-0.25, -0.2) is 4.98 Å². The molecule has 0 radical (unpaired) electrons. The zero-order valence-corrected chi connectivity index (χ0v) is 10.9. The summed E-state index contributed by atoms with van der Waals surface area (Å²) in [6, 6.07) is 6.17. The van der Waals surface area contributed by atoms with Gasteiger partial charge in [-0.2, -0.15) is 0 Å². The first-order chi connectivity index (χ1) is 10.1. The van der Waals surface area contributed by atoms with E-state index in [1.54, 1.807) is 12.1 Å². The van der Waals surface area contributed by atoms with E-state index in [1.165, 1.54) is 18.4 Å². The topological polar surface area (TPSA) is 110 Å². The highest BCUT2D eigenvalue weighted by Crippen LogP contribution is 2.27. The van der Waals surface area contributed by atoms with Crippen LogP contribution in [0.2, 0.25) is 0 Å². The summed E-state index contributed by atoms with van der Waals surface area (Å²) in [5, 5.41) is 16.5. The summed E-state index contributed by atoms with van der Waals surface area (Å²) < 4.78 is 5.20. The van der Waals surface area contributed by atoms with E-state index in [1.807, 2.05) is 0 Å². The van der Waals surface area contributed by atoms with Gasteiger partial charge in [-0.15, -0.1) is 0 Å². The Morgan fingerprint density at radius 3 is 2.81 bits per heavy atom. The van der Waals surface area contributed by atoms with Crippen LogP contribution in [0.25, 0.3) is 11.5 Å². The Bertz CT molecular complexity index is 679. The second-order valence-corrected chi connectivity index (χ2v) is 4.64. The number of nitrogens with zero attached hydrogens (tertiary/aromatic N) is 2. The average Bonchev–Trinajstić information content (AvgIpc) is 2.89. The zero-order valence-electron chi connectivity index (χ0n) is 10.9. The third-order valence-electron chi connectivity index (χ3n) is 3.24. The predicted molar refractivity (Wildman–Crippen MR) is 73.6 cm³/mol. The van der Waals surface area contributed by atoms with Crippen molar-refractivity contribution in [3.8, 4) is 11.5 Å². The highest BCUT2D eigenvalue weighted by molar-refractivity contribution is 5.94. The van der Waals surface area contributed by atoms with E-state index in [4.69, 9.17) is 4.42 Å². The van der Waals surface area contributed by atoms with E-state index in [2.05, 4.69) is 15.6 Å². The minimum Gasteiger partial charge on any atom is -0.463 e. The van der Waals surface area contributed by atoms with Crippen LogP contribution in [0, 0.1) is 16.0 Å². The van der Waals surface area contributed by atoms with Gasteiger partial charge in [0.2, 0.25) is 11.7 Å². The van der Waals surface area contributed by atoms with Crippen LogP contribution in [0.1, 0.15) is 0 Å². The van der Waals surface area contributed by atoms with E-state index in [0.29, 0.717) is 24.5 Å². The number of hydrogen-bond donors (Lipinski definition) is 2. The molecule has 3 rings (SSSR count). The van der Waals surface area contributed by atoms with E-state index in [0.717, 1.165) is 0 Å². The molecule has 1 amide bonds. The van der Waals surface area contributed by atoms with Gasteiger partial charge in [0, 0.05) is 19.2 Å². The van der Waals surface area contributed by atoms with Gasteiger partial charge < -0.3 is 15.1 Å². The largest absolute Gasteiger partial charge is 0.463 e. The lowest BCUT2D eigenvalue weighted by molar-refractivity contribution is -0.384. The highest BCUT2D eigenvalue weighted by Gasteiger charge is 2.27. The molecule has 2 N–H and O–H groups in total. The predicted octanol–water partition coefficient (Wildman–Crippen LogP) is 1.41. The number of anilines is 1. The van der Waals surface area contributed by atoms with Gasteiger partial charge >= 0.3 is 5.69 Å². The summed E-state index contributed by atoms with van der Waals surface area (Å²) >= 11 is 0. The molecule has 3 heterocycles. The van der Waals surface area contributed by atoms with Gasteiger partial charge in [0.1, 0.15) is 5.69 Å². The first kappa shape index (κ1) is 13.3. The summed E-state index contributed by atoms with van der Waals surface area (Å²) in [6.45, 7) is 1.13. The van der Waals surface area contributed by atoms with Gasteiger partial charge in [0.05, 0.1) is 17.1 Å². The minimum atomic E-state index is -0.576. The van der Waals surface area contributed by atoms with Crippen LogP contribution in [0.5, 0.6) is 0 Å². The van der Waals surface area contributed by atoms with Gasteiger partial charge in [0.15, 0.2) is 5.76 Å². The molecular formula is C13H12N4O4. The molecule has 2 aromatic rings. The number of aromatic nitrogens is 1. The van der Waals surface area contributed by atoms with E-state index in [9.17, 15) is 14.9 Å². The minimum absolute atomic E-state index is 0.0641. The molecule has 108 valence electrons. The maximum Gasteiger partial charge on any atom is 0.311 e. The highest BCUT2D eigenvalue weighted by atomic mass is 16.6. The van der Waals surface area contributed by atoms with Crippen LogP contribution in [0.4, 0.5) is 11.5 Å². The molecule has 0 aliphatic carbocycles. The lowest BCUT2D eigenvalue weighted by Crippen LogP contribution is -2.48. The van der Waals surface area contributed by atoms with Crippen molar-refractivity contribution in [1.82, 2.24) is 10.3 Å². The van der Waals surface area contributed by atoms with Crippen molar-refractivity contribution >= 4 is 17.4 Å². The van der Waals surface area contributed by atoms with Crippen molar-refractivity contribution in [2.45, 2.75) is 0 Å². The van der Waals surface area contributed by atoms with Gasteiger partial charge in [-0.1, -0.05) is 0 Å². The standard InChI is InChI=1S/C13H12N4O4/c18-13(8-6-14-7-8)16-12-10(17(19)20)4-3-9(15-12)11-2-1-5-21-11/h1-5,8,14H,6-7H2,(H,15,16,18). The number of nitrogens with one attached hydrogen (secondary N) is 2. The Labute approximate surface area is 119 Å². The molecule has 1 aliphatic heterocycles. The Balaban J connectivity index is 1.92. The van der Waals surface area contributed by atoms with Crippen LogP contribution in [0.15, 0.2) is 34.9 Å². The van der Waals surface area contributed by atoms with Crippen LogP contribution in [-0.2, 0) is 4.79 Å². The third kappa shape index (κ3) is 2.61. The fourth-order valence-electron chi connectivity index (χ4n) is 1.95. The van der Waals surface area contributed by atoms with Crippen molar-refractivity contribution in [3.05, 3.63) is 40.6 Å². The molecule has 1 saturated heterocycles. The smallest absolute Gasteiger partial charge is 0.311 e. The molecule has 0 spiro atoms. The number of rotatable bonds is 4. The fourth-order valence-corrected chi connectivity index (χ4v) is 1.95. The molecule has 0 aromatic carbocycles. The van der Waals surface area contributed by atoms with Crippen molar-refractivity contribution in [2.24, 2.45) is 5.92 Å². The Hall–Kier alpha value is -2.74. The van der Waals surface area contributed by atoms with E-state index in [-0.39, 0.29) is 23.3 Å². The summed E-state index contributed by atoms with van der Waals surface area (Å²) in [7, 11) is 0. The summed E-state index contributed by atoms with van der Waals surface area (Å²) in [5.74, 6) is -0.0453. The number of hydrogen-bond acceptors (Lipinski definition) is 6. The molecule has 0 unspecified atom stereocenters. The number of carbonyl (C=O) groups excluding carboxylic acids is 1. The lowest BCUT2D eigenvalue weighted by Gasteiger charge is -2.25. The molecule has 8 heteroatoms. The molecule has 0 saturated carbocycles. The molecule has 21 heavy (non-hydrogen) atoms. The number of pyridine rings is 1. The zero-order chi connectivity index (χ0) is 14.8. The van der Waals surface area contributed by atoms with Crippen LogP contribution in [-0.4, -0.2) is 28.9 Å². The second-order valence-electron chi connectivity index (χ2n) is 4.64. The van der Waals surface area contributed by atoms with Gasteiger partial charge in [0.25, 0.3) is 0 Å². The molecular weight excluding hydrogens is 276 g/mol. The Morgan fingerprint density at radius 1 is 1.43 bits per heavy atom. The normalized spacial score (nSPS) is 14.5. The van der Waals surface area contributed by atoms with E-state index < -0.39 is 4.92 Å². The summed E-state index contributed by atoms with van der Waals surface area (Å²) in [4.78, 5) is 26.5.